The van der Waals surface area contributed by atoms with Crippen LogP contribution in [0.5, 0.6) is 0 Å². The number of nitrogens with zero attached hydrogens (tertiary/aromatic N) is 2. The van der Waals surface area contributed by atoms with E-state index in [0.717, 1.165) is 33.9 Å². The van der Waals surface area contributed by atoms with Crippen molar-refractivity contribution in [3.8, 4) is 0 Å². The Morgan fingerprint density at radius 2 is 0.917 bits per heavy atom. The lowest BCUT2D eigenvalue weighted by Gasteiger charge is -2.05. The van der Waals surface area contributed by atoms with Gasteiger partial charge in [0, 0.05) is 0 Å². The molecule has 0 aliphatic carbocycles. The first-order valence-electron chi connectivity index (χ1n) is 8.04. The van der Waals surface area contributed by atoms with Crippen molar-refractivity contribution in [2.45, 2.75) is 13.8 Å². The maximum absolute atomic E-state index is 4.70. The van der Waals surface area contributed by atoms with Crippen molar-refractivity contribution in [3.63, 3.8) is 0 Å². The highest BCUT2D eigenvalue weighted by molar-refractivity contribution is 5.71. The van der Waals surface area contributed by atoms with Crippen molar-refractivity contribution in [2.24, 2.45) is 0 Å². The predicted molar refractivity (Wildman–Crippen MR) is 102 cm³/mol. The van der Waals surface area contributed by atoms with Crippen molar-refractivity contribution in [1.29, 1.82) is 0 Å². The molecule has 24 heavy (non-hydrogen) atoms. The molecule has 0 saturated heterocycles. The van der Waals surface area contributed by atoms with E-state index in [1.165, 1.54) is 0 Å². The van der Waals surface area contributed by atoms with Crippen LogP contribution >= 0.6 is 0 Å². The van der Waals surface area contributed by atoms with E-state index in [0.29, 0.717) is 0 Å². The molecule has 1 heterocycles. The fraction of sp³-hybridized carbons (Fsp3) is 0.0909. The second kappa shape index (κ2) is 7.51. The summed E-state index contributed by atoms with van der Waals surface area (Å²) in [5.41, 5.74) is 6.00. The molecule has 0 atom stereocenters. The first-order chi connectivity index (χ1) is 11.7. The van der Waals surface area contributed by atoms with E-state index in [2.05, 4.69) is 36.4 Å². The first-order valence-corrected chi connectivity index (χ1v) is 8.04. The number of hydrogen-bond acceptors (Lipinski definition) is 2. The van der Waals surface area contributed by atoms with Crippen molar-refractivity contribution >= 4 is 24.3 Å². The third-order valence-corrected chi connectivity index (χ3v) is 3.78. The fourth-order valence-corrected chi connectivity index (χ4v) is 2.43. The molecular formula is C22H20N2. The quantitative estimate of drug-likeness (QED) is 0.641. The van der Waals surface area contributed by atoms with E-state index in [9.17, 15) is 0 Å². The van der Waals surface area contributed by atoms with Gasteiger partial charge in [-0.25, -0.2) is 9.97 Å². The molecule has 2 nitrogen and oxygen atoms in total. The molecule has 0 aliphatic rings. The van der Waals surface area contributed by atoms with E-state index in [1.807, 2.05) is 62.4 Å². The minimum atomic E-state index is 0.910. The van der Waals surface area contributed by atoms with Gasteiger partial charge in [-0.3, -0.25) is 0 Å². The van der Waals surface area contributed by atoms with Gasteiger partial charge >= 0.3 is 0 Å². The Bertz CT molecular complexity index is 788. The highest BCUT2D eigenvalue weighted by atomic mass is 14.8. The van der Waals surface area contributed by atoms with Gasteiger partial charge in [-0.05, 0) is 37.1 Å². The van der Waals surface area contributed by atoms with Crippen molar-refractivity contribution < 1.29 is 0 Å². The highest BCUT2D eigenvalue weighted by Crippen LogP contribution is 2.14. The second-order valence-electron chi connectivity index (χ2n) is 5.65. The molecule has 0 bridgehead atoms. The topological polar surface area (TPSA) is 25.8 Å². The monoisotopic (exact) mass is 312 g/mol. The molecule has 0 aliphatic heterocycles. The molecule has 0 spiro atoms. The van der Waals surface area contributed by atoms with Gasteiger partial charge in [-0.1, -0.05) is 72.8 Å². The summed E-state index contributed by atoms with van der Waals surface area (Å²) in [6, 6.07) is 20.4. The maximum atomic E-state index is 4.70. The Labute approximate surface area is 143 Å². The van der Waals surface area contributed by atoms with E-state index < -0.39 is 0 Å². The summed E-state index contributed by atoms with van der Waals surface area (Å²) in [4.78, 5) is 9.40. The smallest absolute Gasteiger partial charge is 0.0846 e. The molecule has 0 radical (unpaired) electrons. The minimum absolute atomic E-state index is 0.910. The fourth-order valence-electron chi connectivity index (χ4n) is 2.43. The van der Waals surface area contributed by atoms with Gasteiger partial charge in [-0.15, -0.1) is 0 Å². The van der Waals surface area contributed by atoms with E-state index in [1.54, 1.807) is 0 Å². The number of hydrogen-bond donors (Lipinski definition) is 0. The molecule has 0 saturated carbocycles. The third kappa shape index (κ3) is 4.05. The number of aromatic nitrogens is 2. The third-order valence-electron chi connectivity index (χ3n) is 3.78. The second-order valence-corrected chi connectivity index (χ2v) is 5.65. The van der Waals surface area contributed by atoms with Gasteiger partial charge in [0.2, 0.25) is 0 Å². The van der Waals surface area contributed by atoms with Crippen LogP contribution < -0.4 is 0 Å². The Morgan fingerprint density at radius 1 is 0.542 bits per heavy atom. The molecule has 2 heteroatoms. The number of aryl methyl sites for hydroxylation is 2. The Balaban J connectivity index is 1.83. The molecule has 0 unspecified atom stereocenters. The molecule has 0 N–H and O–H groups in total. The highest BCUT2D eigenvalue weighted by Gasteiger charge is 2.04. The van der Waals surface area contributed by atoms with Gasteiger partial charge in [0.1, 0.15) is 0 Å². The average Bonchev–Trinajstić information content (AvgIpc) is 2.62. The van der Waals surface area contributed by atoms with Crippen LogP contribution in [0, 0.1) is 13.8 Å². The lowest BCUT2D eigenvalue weighted by atomic mass is 10.1. The van der Waals surface area contributed by atoms with Crippen LogP contribution in [0.1, 0.15) is 33.9 Å². The first kappa shape index (κ1) is 15.9. The lowest BCUT2D eigenvalue weighted by molar-refractivity contribution is 1.03. The molecule has 3 aromatic rings. The molecule has 2 aromatic carbocycles. The van der Waals surface area contributed by atoms with Gasteiger partial charge in [0.25, 0.3) is 0 Å². The van der Waals surface area contributed by atoms with Crippen LogP contribution in [0.25, 0.3) is 24.3 Å². The van der Waals surface area contributed by atoms with Crippen molar-refractivity contribution in [1.82, 2.24) is 9.97 Å². The largest absolute Gasteiger partial charge is 0.250 e. The van der Waals surface area contributed by atoms with Crippen molar-refractivity contribution in [3.05, 3.63) is 94.6 Å². The van der Waals surface area contributed by atoms with Crippen LogP contribution in [-0.4, -0.2) is 9.97 Å². The minimum Gasteiger partial charge on any atom is -0.250 e. The summed E-state index contributed by atoms with van der Waals surface area (Å²) >= 11 is 0. The summed E-state index contributed by atoms with van der Waals surface area (Å²) in [6.07, 6.45) is 8.18. The number of benzene rings is 2. The SMILES string of the molecule is Cc1nc(/C=C/c2ccccc2)c(C)nc1/C=C/c1ccccc1. The molecular weight excluding hydrogens is 292 g/mol. The average molecular weight is 312 g/mol. The summed E-state index contributed by atoms with van der Waals surface area (Å²) in [5.74, 6) is 0. The standard InChI is InChI=1S/C22H20N2/c1-17-21(15-13-19-9-5-3-6-10-19)24-18(2)22(23-17)16-14-20-11-7-4-8-12-20/h3-16H,1-2H3/b15-13+,16-14+. The Hall–Kier alpha value is -3.00. The summed E-state index contributed by atoms with van der Waals surface area (Å²) in [5, 5.41) is 0. The van der Waals surface area contributed by atoms with Gasteiger partial charge in [0.05, 0.1) is 22.8 Å². The normalized spacial score (nSPS) is 11.4. The molecule has 0 amide bonds. The van der Waals surface area contributed by atoms with Gasteiger partial charge < -0.3 is 0 Å². The van der Waals surface area contributed by atoms with Crippen LogP contribution in [0.2, 0.25) is 0 Å². The van der Waals surface area contributed by atoms with Crippen LogP contribution in [-0.2, 0) is 0 Å². The Morgan fingerprint density at radius 3 is 1.29 bits per heavy atom. The molecule has 118 valence electrons. The molecule has 3 rings (SSSR count). The molecule has 0 fully saturated rings. The van der Waals surface area contributed by atoms with Crippen molar-refractivity contribution in [2.75, 3.05) is 0 Å². The van der Waals surface area contributed by atoms with E-state index >= 15 is 0 Å². The van der Waals surface area contributed by atoms with Gasteiger partial charge in [0.15, 0.2) is 0 Å². The van der Waals surface area contributed by atoms with Gasteiger partial charge in [-0.2, -0.15) is 0 Å². The summed E-state index contributed by atoms with van der Waals surface area (Å²) < 4.78 is 0. The Kier molecular flexibility index (Phi) is 4.97. The summed E-state index contributed by atoms with van der Waals surface area (Å²) in [6.45, 7) is 3.99. The van der Waals surface area contributed by atoms with E-state index in [-0.39, 0.29) is 0 Å². The number of rotatable bonds is 4. The maximum Gasteiger partial charge on any atom is 0.0846 e. The van der Waals surface area contributed by atoms with Crippen LogP contribution in [0.3, 0.4) is 0 Å². The zero-order chi connectivity index (χ0) is 16.8. The van der Waals surface area contributed by atoms with Crippen LogP contribution in [0.4, 0.5) is 0 Å². The predicted octanol–water partition coefficient (Wildman–Crippen LogP) is 5.43. The summed E-state index contributed by atoms with van der Waals surface area (Å²) in [7, 11) is 0. The molecule has 1 aromatic heterocycles. The zero-order valence-electron chi connectivity index (χ0n) is 14.0. The lowest BCUT2D eigenvalue weighted by Crippen LogP contribution is -1.98. The van der Waals surface area contributed by atoms with E-state index in [4.69, 9.17) is 9.97 Å². The zero-order valence-corrected chi connectivity index (χ0v) is 14.0. The van der Waals surface area contributed by atoms with Crippen LogP contribution in [0.15, 0.2) is 60.7 Å².